The lowest BCUT2D eigenvalue weighted by atomic mass is 9.87. The van der Waals surface area contributed by atoms with Crippen molar-refractivity contribution in [2.24, 2.45) is 5.16 Å². The summed E-state index contributed by atoms with van der Waals surface area (Å²) in [5.74, 6) is -0.336. The summed E-state index contributed by atoms with van der Waals surface area (Å²) in [6.07, 6.45) is -4.88. The first-order chi connectivity index (χ1) is 20.5. The van der Waals surface area contributed by atoms with E-state index < -0.39 is 35.1 Å². The van der Waals surface area contributed by atoms with Gasteiger partial charge in [-0.1, -0.05) is 48.8 Å². The fourth-order valence-electron chi connectivity index (χ4n) is 4.81. The molecule has 0 aromatic heterocycles. The highest BCUT2D eigenvalue weighted by atomic mass is 35.5. The quantitative estimate of drug-likeness (QED) is 0.181. The zero-order chi connectivity index (χ0) is 32.4. The molecule has 0 saturated carbocycles. The standard InChI is InChI=1S/C32H35ClF3N3O5/c1-19(38-44-31(4,5)18-40)21-13-23(15-25(14-21)42-6)37-28(20-7-9-22(33)10-8-20)29(41)39-17-30(2,3)26-12-11-24(16-27(26)39)43-32(34,35)36/h7-16,28,37,40H,17-18H2,1-6H3/b38-19+. The van der Waals surface area contributed by atoms with Gasteiger partial charge < -0.3 is 29.6 Å². The molecule has 1 unspecified atom stereocenters. The summed E-state index contributed by atoms with van der Waals surface area (Å²) in [4.78, 5) is 21.3. The summed E-state index contributed by atoms with van der Waals surface area (Å²) >= 11 is 6.15. The van der Waals surface area contributed by atoms with Crippen molar-refractivity contribution in [1.82, 2.24) is 0 Å². The summed E-state index contributed by atoms with van der Waals surface area (Å²) in [6, 6.07) is 15.0. The molecule has 236 valence electrons. The van der Waals surface area contributed by atoms with Crippen molar-refractivity contribution in [3.63, 3.8) is 0 Å². The number of anilines is 2. The van der Waals surface area contributed by atoms with Gasteiger partial charge in [0.05, 0.1) is 25.1 Å². The lowest BCUT2D eigenvalue weighted by Gasteiger charge is -2.28. The van der Waals surface area contributed by atoms with Crippen molar-refractivity contribution in [1.29, 1.82) is 0 Å². The summed E-state index contributed by atoms with van der Waals surface area (Å²) < 4.78 is 48.8. The van der Waals surface area contributed by atoms with Crippen molar-refractivity contribution in [3.05, 3.63) is 82.4 Å². The number of amides is 1. The molecule has 1 heterocycles. The topological polar surface area (TPSA) is 92.6 Å². The van der Waals surface area contributed by atoms with E-state index in [9.17, 15) is 23.1 Å². The smallest absolute Gasteiger partial charge is 0.497 e. The van der Waals surface area contributed by atoms with Crippen LogP contribution < -0.4 is 19.7 Å². The number of halogens is 4. The number of aliphatic hydroxyl groups is 1. The van der Waals surface area contributed by atoms with E-state index in [0.29, 0.717) is 39.0 Å². The molecule has 44 heavy (non-hydrogen) atoms. The Morgan fingerprint density at radius 3 is 2.39 bits per heavy atom. The van der Waals surface area contributed by atoms with Crippen LogP contribution in [-0.4, -0.2) is 49.0 Å². The Morgan fingerprint density at radius 2 is 1.77 bits per heavy atom. The number of ether oxygens (including phenoxy) is 2. The molecule has 3 aromatic carbocycles. The number of nitrogens with one attached hydrogen (secondary N) is 1. The van der Waals surface area contributed by atoms with Gasteiger partial charge >= 0.3 is 6.36 Å². The van der Waals surface area contributed by atoms with Crippen molar-refractivity contribution in [2.45, 2.75) is 58.0 Å². The van der Waals surface area contributed by atoms with Crippen LogP contribution in [0.25, 0.3) is 0 Å². The highest BCUT2D eigenvalue weighted by Crippen LogP contribution is 2.44. The first-order valence-electron chi connectivity index (χ1n) is 13.8. The third kappa shape index (κ3) is 7.75. The van der Waals surface area contributed by atoms with Crippen molar-refractivity contribution >= 4 is 34.6 Å². The van der Waals surface area contributed by atoms with Gasteiger partial charge in [-0.25, -0.2) is 0 Å². The van der Waals surface area contributed by atoms with Crippen LogP contribution in [0.3, 0.4) is 0 Å². The van der Waals surface area contributed by atoms with Crippen LogP contribution in [0.1, 0.15) is 57.4 Å². The molecule has 0 fully saturated rings. The molecule has 4 rings (SSSR count). The van der Waals surface area contributed by atoms with Crippen LogP contribution in [-0.2, 0) is 15.0 Å². The molecular formula is C32H35ClF3N3O5. The zero-order valence-electron chi connectivity index (χ0n) is 25.3. The van der Waals surface area contributed by atoms with Gasteiger partial charge in [-0.05, 0) is 62.2 Å². The Bertz CT molecular complexity index is 1540. The summed E-state index contributed by atoms with van der Waals surface area (Å²) in [6.45, 7) is 8.96. The highest BCUT2D eigenvalue weighted by molar-refractivity contribution is 6.30. The molecular weight excluding hydrogens is 599 g/mol. The van der Waals surface area contributed by atoms with Crippen molar-refractivity contribution in [2.75, 3.05) is 30.5 Å². The Morgan fingerprint density at radius 1 is 1.09 bits per heavy atom. The molecule has 0 aliphatic carbocycles. The van der Waals surface area contributed by atoms with E-state index in [-0.39, 0.29) is 13.2 Å². The normalized spacial score (nSPS) is 15.4. The van der Waals surface area contributed by atoms with Crippen LogP contribution in [0.5, 0.6) is 11.5 Å². The van der Waals surface area contributed by atoms with Gasteiger partial charge in [0.1, 0.15) is 17.5 Å². The number of fused-ring (bicyclic) bond motifs is 1. The average molecular weight is 634 g/mol. The third-order valence-electron chi connectivity index (χ3n) is 7.17. The first-order valence-corrected chi connectivity index (χ1v) is 14.2. The van der Waals surface area contributed by atoms with E-state index >= 15 is 0 Å². The maximum absolute atomic E-state index is 14.4. The molecule has 2 N–H and O–H groups in total. The van der Waals surface area contributed by atoms with Gasteiger partial charge in [0.2, 0.25) is 0 Å². The number of aliphatic hydroxyl groups excluding tert-OH is 1. The van der Waals surface area contributed by atoms with E-state index in [0.717, 1.165) is 5.56 Å². The Hall–Kier alpha value is -3.96. The van der Waals surface area contributed by atoms with Crippen molar-refractivity contribution < 1.29 is 37.4 Å². The Labute approximate surface area is 259 Å². The van der Waals surface area contributed by atoms with Crippen LogP contribution in [0, 0.1) is 0 Å². The van der Waals surface area contributed by atoms with Crippen LogP contribution >= 0.6 is 11.6 Å². The van der Waals surface area contributed by atoms with E-state index in [4.69, 9.17) is 21.2 Å². The van der Waals surface area contributed by atoms with Crippen LogP contribution in [0.2, 0.25) is 5.02 Å². The number of carbonyl (C=O) groups is 1. The number of methoxy groups -OCH3 is 1. The van der Waals surface area contributed by atoms with Crippen LogP contribution in [0.4, 0.5) is 24.5 Å². The lowest BCUT2D eigenvalue weighted by molar-refractivity contribution is -0.274. The van der Waals surface area contributed by atoms with Gasteiger partial charge in [0.25, 0.3) is 5.91 Å². The monoisotopic (exact) mass is 633 g/mol. The van der Waals surface area contributed by atoms with Crippen molar-refractivity contribution in [3.8, 4) is 11.5 Å². The minimum Gasteiger partial charge on any atom is -0.497 e. The van der Waals surface area contributed by atoms with E-state index in [1.54, 1.807) is 69.3 Å². The summed E-state index contributed by atoms with van der Waals surface area (Å²) in [5, 5.41) is 17.4. The maximum Gasteiger partial charge on any atom is 0.573 e. The number of carbonyl (C=O) groups excluding carboxylic acids is 1. The summed E-state index contributed by atoms with van der Waals surface area (Å²) in [5.41, 5.74) is 1.84. The molecule has 1 amide bonds. The molecule has 0 bridgehead atoms. The number of alkyl halides is 3. The fraction of sp³-hybridized carbons (Fsp3) is 0.375. The fourth-order valence-corrected chi connectivity index (χ4v) is 4.94. The molecule has 3 aromatic rings. The molecule has 12 heteroatoms. The van der Waals surface area contributed by atoms with E-state index in [2.05, 4.69) is 15.2 Å². The number of benzene rings is 3. The predicted octanol–water partition coefficient (Wildman–Crippen LogP) is 7.24. The van der Waals surface area contributed by atoms with Gasteiger partial charge in [-0.3, -0.25) is 4.79 Å². The number of hydrogen-bond acceptors (Lipinski definition) is 7. The van der Waals surface area contributed by atoms with Gasteiger partial charge in [0.15, 0.2) is 5.60 Å². The second-order valence-electron chi connectivity index (χ2n) is 11.8. The molecule has 1 aliphatic heterocycles. The van der Waals surface area contributed by atoms with Gasteiger partial charge in [-0.2, -0.15) is 0 Å². The minimum absolute atomic E-state index is 0.232. The maximum atomic E-state index is 14.4. The third-order valence-corrected chi connectivity index (χ3v) is 7.43. The largest absolute Gasteiger partial charge is 0.573 e. The average Bonchev–Trinajstić information content (AvgIpc) is 3.23. The number of oxime groups is 1. The Balaban J connectivity index is 1.75. The molecule has 8 nitrogen and oxygen atoms in total. The number of hydrogen-bond donors (Lipinski definition) is 2. The lowest BCUT2D eigenvalue weighted by Crippen LogP contribution is -2.39. The molecule has 1 aliphatic rings. The highest BCUT2D eigenvalue weighted by Gasteiger charge is 2.41. The molecule has 0 radical (unpaired) electrons. The van der Waals surface area contributed by atoms with Gasteiger partial charge in [-0.15, -0.1) is 13.2 Å². The SMILES string of the molecule is COc1cc(NC(C(=O)N2CC(C)(C)c3ccc(OC(F)(F)F)cc32)c2ccc(Cl)cc2)cc(/C(C)=N/OC(C)(C)CO)c1. The second kappa shape index (κ2) is 12.6. The second-order valence-corrected chi connectivity index (χ2v) is 12.2. The molecule has 1 atom stereocenters. The predicted molar refractivity (Wildman–Crippen MR) is 164 cm³/mol. The van der Waals surface area contributed by atoms with Gasteiger partial charge in [0, 0.05) is 40.4 Å². The summed E-state index contributed by atoms with van der Waals surface area (Å²) in [7, 11) is 1.51. The first kappa shape index (κ1) is 32.9. The van der Waals surface area contributed by atoms with Crippen LogP contribution in [0.15, 0.2) is 65.8 Å². The minimum atomic E-state index is -4.88. The number of nitrogens with zero attached hydrogens (tertiary/aromatic N) is 2. The van der Waals surface area contributed by atoms with E-state index in [1.807, 2.05) is 13.8 Å². The molecule has 0 saturated heterocycles. The van der Waals surface area contributed by atoms with E-state index in [1.165, 1.54) is 24.1 Å². The zero-order valence-corrected chi connectivity index (χ0v) is 26.0. The Kier molecular flexibility index (Phi) is 9.41. The molecule has 0 spiro atoms. The number of rotatable bonds is 10.